The lowest BCUT2D eigenvalue weighted by Gasteiger charge is -1.97. The number of aliphatic hydroxyl groups excluding tert-OH is 1. The molecule has 0 saturated carbocycles. The van der Waals surface area contributed by atoms with Gasteiger partial charge in [0.2, 0.25) is 5.95 Å². The van der Waals surface area contributed by atoms with Crippen LogP contribution in [0.25, 0.3) is 17.0 Å². The molecule has 1 aromatic carbocycles. The van der Waals surface area contributed by atoms with Crippen molar-refractivity contribution in [1.29, 1.82) is 0 Å². The summed E-state index contributed by atoms with van der Waals surface area (Å²) in [5, 5.41) is 12.8. The molecule has 0 saturated heterocycles. The molecule has 2 heterocycles. The summed E-state index contributed by atoms with van der Waals surface area (Å²) in [7, 11) is 0. The average Bonchev–Trinajstić information content (AvgIpc) is 2.98. The number of alkyl halides is 2. The highest BCUT2D eigenvalue weighted by atomic mass is 35.5. The van der Waals surface area contributed by atoms with Crippen molar-refractivity contribution in [1.82, 2.24) is 19.7 Å². The van der Waals surface area contributed by atoms with Crippen LogP contribution in [-0.4, -0.2) is 24.9 Å². The number of aromatic nitrogens is 4. The standard InChI is InChI=1S/C12H9ClF2N4O/c13-10-6(5-20)9(11(14)15)18-19(10)12-16-7-3-1-2-4-8(7)17-12/h1-4,11,20H,5H2,(H,16,17). The molecule has 3 rings (SSSR count). The minimum absolute atomic E-state index is 0.0816. The minimum atomic E-state index is -2.82. The summed E-state index contributed by atoms with van der Waals surface area (Å²) in [6, 6.07) is 7.19. The zero-order chi connectivity index (χ0) is 14.3. The third-order valence-corrected chi connectivity index (χ3v) is 3.28. The van der Waals surface area contributed by atoms with Crippen molar-refractivity contribution in [3.8, 4) is 5.95 Å². The van der Waals surface area contributed by atoms with E-state index in [1.807, 2.05) is 6.07 Å². The van der Waals surface area contributed by atoms with Crippen LogP contribution in [-0.2, 0) is 6.61 Å². The summed E-state index contributed by atoms with van der Waals surface area (Å²) < 4.78 is 26.8. The first-order chi connectivity index (χ1) is 9.61. The van der Waals surface area contributed by atoms with Crippen molar-refractivity contribution >= 4 is 22.6 Å². The molecule has 0 spiro atoms. The maximum absolute atomic E-state index is 12.9. The molecule has 0 amide bonds. The molecule has 2 aromatic heterocycles. The predicted molar refractivity (Wildman–Crippen MR) is 69.1 cm³/mol. The molecule has 5 nitrogen and oxygen atoms in total. The first-order valence-electron chi connectivity index (χ1n) is 5.73. The Kier molecular flexibility index (Phi) is 3.15. The number of benzene rings is 1. The molecule has 20 heavy (non-hydrogen) atoms. The second-order valence-electron chi connectivity index (χ2n) is 4.10. The fourth-order valence-corrected chi connectivity index (χ4v) is 2.22. The number of hydrogen-bond acceptors (Lipinski definition) is 3. The van der Waals surface area contributed by atoms with Crippen LogP contribution in [0.3, 0.4) is 0 Å². The van der Waals surface area contributed by atoms with Gasteiger partial charge in [0, 0.05) is 5.56 Å². The van der Waals surface area contributed by atoms with Crippen LogP contribution in [0.5, 0.6) is 0 Å². The first kappa shape index (κ1) is 13.0. The van der Waals surface area contributed by atoms with Crippen LogP contribution in [0.15, 0.2) is 24.3 Å². The third kappa shape index (κ3) is 1.95. The van der Waals surface area contributed by atoms with Gasteiger partial charge in [-0.3, -0.25) is 0 Å². The number of hydrogen-bond donors (Lipinski definition) is 2. The Balaban J connectivity index is 2.18. The largest absolute Gasteiger partial charge is 0.391 e. The van der Waals surface area contributed by atoms with Gasteiger partial charge >= 0.3 is 0 Å². The zero-order valence-electron chi connectivity index (χ0n) is 10.0. The van der Waals surface area contributed by atoms with Crippen molar-refractivity contribution in [3.05, 3.63) is 40.7 Å². The van der Waals surface area contributed by atoms with Gasteiger partial charge in [-0.25, -0.2) is 13.8 Å². The molecule has 0 aliphatic rings. The Bertz CT molecular complexity index is 735. The summed E-state index contributed by atoms with van der Waals surface area (Å²) >= 11 is 5.98. The maximum atomic E-state index is 12.9. The summed E-state index contributed by atoms with van der Waals surface area (Å²) in [6.45, 7) is -0.612. The quantitative estimate of drug-likeness (QED) is 0.781. The Hall–Kier alpha value is -1.99. The number of nitrogens with zero attached hydrogens (tertiary/aromatic N) is 3. The number of rotatable bonds is 3. The van der Waals surface area contributed by atoms with Crippen LogP contribution in [0, 0.1) is 0 Å². The van der Waals surface area contributed by atoms with Gasteiger partial charge in [-0.05, 0) is 12.1 Å². The highest BCUT2D eigenvalue weighted by Crippen LogP contribution is 2.29. The van der Waals surface area contributed by atoms with Gasteiger partial charge in [0.1, 0.15) is 10.8 Å². The van der Waals surface area contributed by atoms with Gasteiger partial charge in [0.05, 0.1) is 17.6 Å². The fourth-order valence-electron chi connectivity index (χ4n) is 1.95. The SMILES string of the molecule is OCc1c(C(F)F)nn(-c2nc3ccccc3[nH]2)c1Cl. The van der Waals surface area contributed by atoms with Gasteiger partial charge in [0.15, 0.2) is 0 Å². The predicted octanol–water partition coefficient (Wildman–Crippen LogP) is 2.83. The van der Waals surface area contributed by atoms with E-state index in [4.69, 9.17) is 16.7 Å². The maximum Gasteiger partial charge on any atom is 0.282 e. The molecule has 0 unspecified atom stereocenters. The van der Waals surface area contributed by atoms with E-state index in [0.717, 1.165) is 10.2 Å². The van der Waals surface area contributed by atoms with Crippen LogP contribution >= 0.6 is 11.6 Å². The van der Waals surface area contributed by atoms with E-state index >= 15 is 0 Å². The monoisotopic (exact) mass is 298 g/mol. The van der Waals surface area contributed by atoms with Gasteiger partial charge in [-0.2, -0.15) is 9.78 Å². The lowest BCUT2D eigenvalue weighted by atomic mass is 10.3. The van der Waals surface area contributed by atoms with E-state index in [-0.39, 0.29) is 16.7 Å². The number of fused-ring (bicyclic) bond motifs is 1. The van der Waals surface area contributed by atoms with Crippen molar-refractivity contribution in [2.24, 2.45) is 0 Å². The number of aliphatic hydroxyl groups is 1. The highest BCUT2D eigenvalue weighted by molar-refractivity contribution is 6.30. The summed E-state index contributed by atoms with van der Waals surface area (Å²) in [5.74, 6) is 0.220. The summed E-state index contributed by atoms with van der Waals surface area (Å²) in [5.41, 5.74) is 0.761. The number of nitrogens with one attached hydrogen (secondary N) is 1. The Morgan fingerprint density at radius 2 is 2.10 bits per heavy atom. The van der Waals surface area contributed by atoms with Gasteiger partial charge in [-0.1, -0.05) is 23.7 Å². The lowest BCUT2D eigenvalue weighted by Crippen LogP contribution is -1.99. The van der Waals surface area contributed by atoms with E-state index in [1.54, 1.807) is 18.2 Å². The van der Waals surface area contributed by atoms with E-state index < -0.39 is 18.7 Å². The molecular formula is C12H9ClF2N4O. The number of H-pyrrole nitrogens is 1. The lowest BCUT2D eigenvalue weighted by molar-refractivity contribution is 0.141. The molecule has 0 radical (unpaired) electrons. The first-order valence-corrected chi connectivity index (χ1v) is 6.11. The second-order valence-corrected chi connectivity index (χ2v) is 4.46. The molecule has 0 bridgehead atoms. The number of para-hydroxylation sites is 2. The van der Waals surface area contributed by atoms with Crippen molar-refractivity contribution < 1.29 is 13.9 Å². The number of imidazole rings is 1. The molecule has 104 valence electrons. The smallest absolute Gasteiger partial charge is 0.282 e. The Morgan fingerprint density at radius 3 is 2.70 bits per heavy atom. The number of aromatic amines is 1. The molecule has 0 fully saturated rings. The topological polar surface area (TPSA) is 66.7 Å². The normalized spacial score (nSPS) is 11.7. The zero-order valence-corrected chi connectivity index (χ0v) is 10.8. The van der Waals surface area contributed by atoms with Gasteiger partial charge < -0.3 is 10.1 Å². The molecule has 3 aromatic rings. The molecule has 2 N–H and O–H groups in total. The van der Waals surface area contributed by atoms with Crippen LogP contribution in [0.4, 0.5) is 8.78 Å². The highest BCUT2D eigenvalue weighted by Gasteiger charge is 2.24. The van der Waals surface area contributed by atoms with E-state index in [1.165, 1.54) is 0 Å². The van der Waals surface area contributed by atoms with E-state index in [0.29, 0.717) is 5.52 Å². The molecule has 0 atom stereocenters. The summed E-state index contributed by atoms with van der Waals surface area (Å²) in [6.07, 6.45) is -2.82. The van der Waals surface area contributed by atoms with E-state index in [9.17, 15) is 8.78 Å². The fraction of sp³-hybridized carbons (Fsp3) is 0.167. The van der Waals surface area contributed by atoms with Crippen LogP contribution in [0.2, 0.25) is 5.15 Å². The van der Waals surface area contributed by atoms with Crippen LogP contribution in [0.1, 0.15) is 17.7 Å². The van der Waals surface area contributed by atoms with Crippen molar-refractivity contribution in [2.75, 3.05) is 0 Å². The Labute approximate surface area is 116 Å². The van der Waals surface area contributed by atoms with Gasteiger partial charge in [0.25, 0.3) is 6.43 Å². The molecule has 0 aliphatic carbocycles. The van der Waals surface area contributed by atoms with E-state index in [2.05, 4.69) is 15.1 Å². The van der Waals surface area contributed by atoms with Gasteiger partial charge in [-0.15, -0.1) is 0 Å². The van der Waals surface area contributed by atoms with Crippen LogP contribution < -0.4 is 0 Å². The summed E-state index contributed by atoms with van der Waals surface area (Å²) in [4.78, 5) is 7.16. The van der Waals surface area contributed by atoms with Crippen molar-refractivity contribution in [2.45, 2.75) is 13.0 Å². The van der Waals surface area contributed by atoms with Crippen molar-refractivity contribution in [3.63, 3.8) is 0 Å². The molecular weight excluding hydrogens is 290 g/mol. The Morgan fingerprint density at radius 1 is 1.35 bits per heavy atom. The third-order valence-electron chi connectivity index (χ3n) is 2.89. The second kappa shape index (κ2) is 4.84. The minimum Gasteiger partial charge on any atom is -0.391 e. The molecule has 8 heteroatoms. The molecule has 0 aliphatic heterocycles. The average molecular weight is 299 g/mol. The number of halogens is 3.